The van der Waals surface area contributed by atoms with Crippen LogP contribution in [0.3, 0.4) is 0 Å². The van der Waals surface area contributed by atoms with E-state index in [4.69, 9.17) is 4.74 Å². The lowest BCUT2D eigenvalue weighted by atomic mass is 10.2. The van der Waals surface area contributed by atoms with E-state index in [2.05, 4.69) is 4.98 Å². The number of likely N-dealkylation sites (tertiary alicyclic amines) is 1. The average molecular weight is 315 g/mol. The molecule has 6 heteroatoms. The maximum absolute atomic E-state index is 12.3. The monoisotopic (exact) mass is 315 g/mol. The number of carbonyl (C=O) groups excluding carboxylic acids is 2. The zero-order valence-corrected chi connectivity index (χ0v) is 13.3. The van der Waals surface area contributed by atoms with Crippen molar-refractivity contribution in [1.29, 1.82) is 0 Å². The molecule has 0 aliphatic carbocycles. The number of amides is 1. The summed E-state index contributed by atoms with van der Waals surface area (Å²) in [6.45, 7) is 3.26. The van der Waals surface area contributed by atoms with Crippen LogP contribution in [0.15, 0.2) is 24.4 Å². The first-order valence-corrected chi connectivity index (χ1v) is 8.05. The maximum atomic E-state index is 12.3. The van der Waals surface area contributed by atoms with Crippen LogP contribution in [-0.2, 0) is 9.53 Å². The van der Waals surface area contributed by atoms with Crippen molar-refractivity contribution < 1.29 is 14.3 Å². The summed E-state index contributed by atoms with van der Waals surface area (Å²) in [5.41, 5.74) is 1.06. The lowest BCUT2D eigenvalue weighted by Gasteiger charge is -2.19. The van der Waals surface area contributed by atoms with Crippen LogP contribution >= 0.6 is 0 Å². The standard InChI is InChI=1S/C17H21N3O3/c1-13-18-16(14-7-4-6-10-20(13)14)17(22)23-12-11-19-9-5-2-3-8-15(19)21/h4,6-7,10H,2-3,5,8-9,11-12H2,1H3. The number of hydrogen-bond donors (Lipinski definition) is 0. The molecule has 2 aromatic heterocycles. The molecule has 1 fully saturated rings. The van der Waals surface area contributed by atoms with Gasteiger partial charge in [0.1, 0.15) is 12.4 Å². The van der Waals surface area contributed by atoms with Gasteiger partial charge in [-0.3, -0.25) is 4.79 Å². The number of hydrogen-bond acceptors (Lipinski definition) is 4. The molecule has 1 aliphatic heterocycles. The van der Waals surface area contributed by atoms with Crippen molar-refractivity contribution in [1.82, 2.24) is 14.3 Å². The number of aryl methyl sites for hydroxylation is 1. The van der Waals surface area contributed by atoms with Crippen LogP contribution in [-0.4, -0.2) is 45.9 Å². The van der Waals surface area contributed by atoms with Crippen LogP contribution in [0.5, 0.6) is 0 Å². The Kier molecular flexibility index (Phi) is 4.60. The highest BCUT2D eigenvalue weighted by Crippen LogP contribution is 2.14. The van der Waals surface area contributed by atoms with Gasteiger partial charge in [0.15, 0.2) is 5.69 Å². The van der Waals surface area contributed by atoms with Crippen molar-refractivity contribution in [3.8, 4) is 0 Å². The van der Waals surface area contributed by atoms with Crippen molar-refractivity contribution in [3.63, 3.8) is 0 Å². The highest BCUT2D eigenvalue weighted by Gasteiger charge is 2.19. The van der Waals surface area contributed by atoms with E-state index in [1.165, 1.54) is 0 Å². The summed E-state index contributed by atoms with van der Waals surface area (Å²) in [4.78, 5) is 30.3. The predicted molar refractivity (Wildman–Crippen MR) is 85.3 cm³/mol. The number of aromatic nitrogens is 2. The summed E-state index contributed by atoms with van der Waals surface area (Å²) in [6, 6.07) is 5.60. The fourth-order valence-electron chi connectivity index (χ4n) is 2.93. The molecule has 0 saturated carbocycles. The van der Waals surface area contributed by atoms with Crippen molar-refractivity contribution in [3.05, 3.63) is 35.9 Å². The number of nitrogens with zero attached hydrogens (tertiary/aromatic N) is 3. The fourth-order valence-corrected chi connectivity index (χ4v) is 2.93. The lowest BCUT2D eigenvalue weighted by molar-refractivity contribution is -0.131. The van der Waals surface area contributed by atoms with Gasteiger partial charge >= 0.3 is 5.97 Å². The minimum absolute atomic E-state index is 0.154. The van der Waals surface area contributed by atoms with E-state index in [0.29, 0.717) is 18.7 Å². The summed E-state index contributed by atoms with van der Waals surface area (Å²) < 4.78 is 7.19. The third kappa shape index (κ3) is 3.36. The first-order valence-electron chi connectivity index (χ1n) is 8.05. The molecule has 2 aromatic rings. The Morgan fingerprint density at radius 1 is 1.30 bits per heavy atom. The van der Waals surface area contributed by atoms with Gasteiger partial charge in [-0.2, -0.15) is 0 Å². The van der Waals surface area contributed by atoms with Crippen LogP contribution in [0.4, 0.5) is 0 Å². The smallest absolute Gasteiger partial charge is 0.359 e. The van der Waals surface area contributed by atoms with E-state index < -0.39 is 5.97 Å². The molecule has 0 unspecified atom stereocenters. The molecule has 0 bridgehead atoms. The van der Waals surface area contributed by atoms with Crippen LogP contribution in [0.2, 0.25) is 0 Å². The van der Waals surface area contributed by atoms with Crippen LogP contribution < -0.4 is 0 Å². The van der Waals surface area contributed by atoms with Crippen LogP contribution in [0.1, 0.15) is 42.0 Å². The van der Waals surface area contributed by atoms with Crippen molar-refractivity contribution >= 4 is 17.4 Å². The van der Waals surface area contributed by atoms with E-state index in [9.17, 15) is 9.59 Å². The first kappa shape index (κ1) is 15.5. The minimum atomic E-state index is -0.441. The van der Waals surface area contributed by atoms with Gasteiger partial charge in [0.05, 0.1) is 12.1 Å². The second-order valence-corrected chi connectivity index (χ2v) is 5.79. The van der Waals surface area contributed by atoms with Gasteiger partial charge in [-0.15, -0.1) is 0 Å². The Morgan fingerprint density at radius 3 is 3.04 bits per heavy atom. The normalized spacial score (nSPS) is 15.7. The summed E-state index contributed by atoms with van der Waals surface area (Å²) >= 11 is 0. The van der Waals surface area contributed by atoms with E-state index in [0.717, 1.165) is 37.1 Å². The molecule has 0 radical (unpaired) electrons. The van der Waals surface area contributed by atoms with Gasteiger partial charge in [-0.25, -0.2) is 9.78 Å². The second-order valence-electron chi connectivity index (χ2n) is 5.79. The Morgan fingerprint density at radius 2 is 2.17 bits per heavy atom. The number of esters is 1. The fraction of sp³-hybridized carbons (Fsp3) is 0.471. The molecule has 0 N–H and O–H groups in total. The van der Waals surface area contributed by atoms with Gasteiger partial charge < -0.3 is 14.0 Å². The third-order valence-electron chi connectivity index (χ3n) is 4.18. The molecule has 122 valence electrons. The molecule has 1 aliphatic rings. The molecule has 0 spiro atoms. The van der Waals surface area contributed by atoms with E-state index in [1.54, 1.807) is 4.90 Å². The van der Waals surface area contributed by atoms with Crippen molar-refractivity contribution in [2.45, 2.75) is 32.6 Å². The molecule has 0 atom stereocenters. The molecule has 3 rings (SSSR count). The number of fused-ring (bicyclic) bond motifs is 1. The molecule has 6 nitrogen and oxygen atoms in total. The SMILES string of the molecule is Cc1nc(C(=O)OCCN2CCCCCC2=O)c2ccccn12. The van der Waals surface area contributed by atoms with E-state index in [1.807, 2.05) is 35.7 Å². The zero-order chi connectivity index (χ0) is 16.2. The summed E-state index contributed by atoms with van der Waals surface area (Å²) in [6.07, 6.45) is 5.52. The number of ether oxygens (including phenoxy) is 1. The van der Waals surface area contributed by atoms with Crippen molar-refractivity contribution in [2.24, 2.45) is 0 Å². The Balaban J connectivity index is 1.61. The van der Waals surface area contributed by atoms with E-state index in [-0.39, 0.29) is 12.5 Å². The predicted octanol–water partition coefficient (Wildman–Crippen LogP) is 2.20. The Bertz CT molecular complexity index is 723. The van der Waals surface area contributed by atoms with Gasteiger partial charge in [0, 0.05) is 19.2 Å². The number of carbonyl (C=O) groups is 2. The Labute approximate surface area is 135 Å². The minimum Gasteiger partial charge on any atom is -0.459 e. The molecular weight excluding hydrogens is 294 g/mol. The second kappa shape index (κ2) is 6.81. The third-order valence-corrected chi connectivity index (χ3v) is 4.18. The van der Waals surface area contributed by atoms with Crippen LogP contribution in [0.25, 0.3) is 5.52 Å². The van der Waals surface area contributed by atoms with E-state index >= 15 is 0 Å². The molecular formula is C17H21N3O3. The molecule has 1 saturated heterocycles. The summed E-state index contributed by atoms with van der Waals surface area (Å²) in [5.74, 6) is 0.459. The van der Waals surface area contributed by atoms with Gasteiger partial charge in [-0.1, -0.05) is 12.5 Å². The Hall–Kier alpha value is -2.37. The number of rotatable bonds is 4. The van der Waals surface area contributed by atoms with Crippen LogP contribution in [0, 0.1) is 6.92 Å². The largest absolute Gasteiger partial charge is 0.459 e. The quantitative estimate of drug-likeness (QED) is 0.811. The number of pyridine rings is 1. The van der Waals surface area contributed by atoms with Gasteiger partial charge in [0.2, 0.25) is 5.91 Å². The van der Waals surface area contributed by atoms with Crippen molar-refractivity contribution in [2.75, 3.05) is 19.7 Å². The molecule has 3 heterocycles. The van der Waals surface area contributed by atoms with Gasteiger partial charge in [0.25, 0.3) is 0 Å². The average Bonchev–Trinajstić information content (AvgIpc) is 2.76. The highest BCUT2D eigenvalue weighted by atomic mass is 16.5. The molecule has 0 aromatic carbocycles. The van der Waals surface area contributed by atoms with Gasteiger partial charge in [-0.05, 0) is 31.9 Å². The maximum Gasteiger partial charge on any atom is 0.359 e. The number of imidazole rings is 1. The summed E-state index contributed by atoms with van der Waals surface area (Å²) in [5, 5.41) is 0. The zero-order valence-electron chi connectivity index (χ0n) is 13.3. The molecule has 23 heavy (non-hydrogen) atoms. The molecule has 1 amide bonds. The summed E-state index contributed by atoms with van der Waals surface area (Å²) in [7, 11) is 0. The first-order chi connectivity index (χ1) is 11.2. The highest BCUT2D eigenvalue weighted by molar-refractivity contribution is 5.95. The topological polar surface area (TPSA) is 63.9 Å². The lowest BCUT2D eigenvalue weighted by Crippen LogP contribution is -2.33.